The molecule has 0 aliphatic heterocycles. The number of benzene rings is 1. The molecule has 1 aromatic heterocycles. The van der Waals surface area contributed by atoms with E-state index in [1.165, 1.54) is 0 Å². The monoisotopic (exact) mass is 329 g/mol. The molecule has 0 spiro atoms. The summed E-state index contributed by atoms with van der Waals surface area (Å²) in [5.41, 5.74) is 0.801. The first-order valence-corrected chi connectivity index (χ1v) is 7.42. The van der Waals surface area contributed by atoms with Crippen molar-refractivity contribution in [2.75, 3.05) is 7.11 Å². The molecule has 126 valence electrons. The summed E-state index contributed by atoms with van der Waals surface area (Å²) in [6.45, 7) is 3.99. The van der Waals surface area contributed by atoms with Gasteiger partial charge < -0.3 is 15.2 Å². The predicted octanol–water partition coefficient (Wildman–Crippen LogP) is 2.31. The van der Waals surface area contributed by atoms with Crippen molar-refractivity contribution >= 4 is 11.9 Å². The van der Waals surface area contributed by atoms with Crippen LogP contribution in [0.1, 0.15) is 46.4 Å². The first-order chi connectivity index (χ1) is 11.4. The van der Waals surface area contributed by atoms with E-state index in [0.717, 1.165) is 23.7 Å². The van der Waals surface area contributed by atoms with Gasteiger partial charge in [0.1, 0.15) is 11.4 Å². The fraction of sp³-hybridized carbons (Fsp3) is 0.294. The molecule has 0 radical (unpaired) electrons. The number of nitrogens with zero attached hydrogens (tertiary/aromatic N) is 2. The summed E-state index contributed by atoms with van der Waals surface area (Å²) in [5.74, 6) is -0.710. The molecular formula is C17H19N3O4. The molecule has 0 aliphatic rings. The normalized spacial score (nSPS) is 11.8. The number of carbonyl (C=O) groups excluding carboxylic acids is 1. The van der Waals surface area contributed by atoms with E-state index in [2.05, 4.69) is 15.3 Å². The van der Waals surface area contributed by atoms with Crippen molar-refractivity contribution in [1.82, 2.24) is 15.3 Å². The highest BCUT2D eigenvalue weighted by molar-refractivity contribution is 5.93. The van der Waals surface area contributed by atoms with Crippen molar-refractivity contribution in [3.05, 3.63) is 53.6 Å². The minimum absolute atomic E-state index is 0.0687. The molecule has 0 saturated heterocycles. The molecule has 0 saturated carbocycles. The van der Waals surface area contributed by atoms with Crippen molar-refractivity contribution in [3.8, 4) is 5.75 Å². The molecule has 2 rings (SSSR count). The molecule has 2 N–H and O–H groups in total. The van der Waals surface area contributed by atoms with E-state index in [-0.39, 0.29) is 23.3 Å². The van der Waals surface area contributed by atoms with Gasteiger partial charge in [0.05, 0.1) is 25.5 Å². The standard InChI is InChI=1S/C17H19N3O4/c1-10(2)15(11-4-6-12(24-3)7-5-11)20-16(21)13-8-19-14(9-18-13)17(22)23/h4-10,15H,1-3H3,(H,20,21)(H,22,23). The molecule has 7 heteroatoms. The summed E-state index contributed by atoms with van der Waals surface area (Å²) >= 11 is 0. The Bertz CT molecular complexity index is 712. The predicted molar refractivity (Wildman–Crippen MR) is 87.0 cm³/mol. The largest absolute Gasteiger partial charge is 0.497 e. The average molecular weight is 329 g/mol. The van der Waals surface area contributed by atoms with Crippen molar-refractivity contribution in [1.29, 1.82) is 0 Å². The summed E-state index contributed by atoms with van der Waals surface area (Å²) in [7, 11) is 1.59. The Balaban J connectivity index is 2.17. The number of carbonyl (C=O) groups is 2. The van der Waals surface area contributed by atoms with Crippen LogP contribution < -0.4 is 10.1 Å². The molecule has 24 heavy (non-hydrogen) atoms. The van der Waals surface area contributed by atoms with E-state index in [1.54, 1.807) is 7.11 Å². The van der Waals surface area contributed by atoms with Crippen molar-refractivity contribution in [2.45, 2.75) is 19.9 Å². The quantitative estimate of drug-likeness (QED) is 0.843. The molecule has 1 heterocycles. The third-order valence-corrected chi connectivity index (χ3v) is 3.53. The highest BCUT2D eigenvalue weighted by atomic mass is 16.5. The second-order valence-corrected chi connectivity index (χ2v) is 5.56. The van der Waals surface area contributed by atoms with Gasteiger partial charge in [-0.1, -0.05) is 26.0 Å². The molecule has 1 unspecified atom stereocenters. The number of carboxylic acids is 1. The number of hydrogen-bond donors (Lipinski definition) is 2. The van der Waals surface area contributed by atoms with Crippen LogP contribution in [0, 0.1) is 5.92 Å². The van der Waals surface area contributed by atoms with E-state index in [9.17, 15) is 9.59 Å². The molecule has 2 aromatic rings. The van der Waals surface area contributed by atoms with Gasteiger partial charge in [0.2, 0.25) is 0 Å². The number of aromatic carboxylic acids is 1. The van der Waals surface area contributed by atoms with Crippen LogP contribution in [0.2, 0.25) is 0 Å². The van der Waals surface area contributed by atoms with Gasteiger partial charge in [-0.05, 0) is 23.6 Å². The number of aromatic nitrogens is 2. The second-order valence-electron chi connectivity index (χ2n) is 5.56. The van der Waals surface area contributed by atoms with E-state index in [1.807, 2.05) is 38.1 Å². The number of nitrogens with one attached hydrogen (secondary N) is 1. The van der Waals surface area contributed by atoms with E-state index < -0.39 is 11.9 Å². The van der Waals surface area contributed by atoms with Gasteiger partial charge in [0.25, 0.3) is 5.91 Å². The van der Waals surface area contributed by atoms with Gasteiger partial charge in [-0.3, -0.25) is 4.79 Å². The average Bonchev–Trinajstić information content (AvgIpc) is 2.59. The Morgan fingerprint density at radius 2 is 1.67 bits per heavy atom. The zero-order chi connectivity index (χ0) is 17.7. The van der Waals surface area contributed by atoms with Crippen LogP contribution in [0.3, 0.4) is 0 Å². The lowest BCUT2D eigenvalue weighted by molar-refractivity contribution is 0.0688. The number of ether oxygens (including phenoxy) is 1. The second kappa shape index (κ2) is 7.54. The molecule has 0 aliphatic carbocycles. The van der Waals surface area contributed by atoms with Crippen molar-refractivity contribution in [2.24, 2.45) is 5.92 Å². The van der Waals surface area contributed by atoms with Crippen LogP contribution in [-0.2, 0) is 0 Å². The van der Waals surface area contributed by atoms with Crippen LogP contribution in [0.5, 0.6) is 5.75 Å². The third kappa shape index (κ3) is 4.07. The Morgan fingerprint density at radius 1 is 1.08 bits per heavy atom. The molecular weight excluding hydrogens is 310 g/mol. The van der Waals surface area contributed by atoms with Crippen LogP contribution in [-0.4, -0.2) is 34.1 Å². The molecule has 7 nitrogen and oxygen atoms in total. The van der Waals surface area contributed by atoms with Gasteiger partial charge >= 0.3 is 5.97 Å². The van der Waals surface area contributed by atoms with Gasteiger partial charge in [-0.25, -0.2) is 14.8 Å². The number of rotatable bonds is 6. The maximum absolute atomic E-state index is 12.4. The van der Waals surface area contributed by atoms with E-state index in [4.69, 9.17) is 9.84 Å². The van der Waals surface area contributed by atoms with Crippen LogP contribution in [0.15, 0.2) is 36.7 Å². The van der Waals surface area contributed by atoms with Crippen LogP contribution >= 0.6 is 0 Å². The lowest BCUT2D eigenvalue weighted by atomic mass is 9.96. The summed E-state index contributed by atoms with van der Waals surface area (Å²) < 4.78 is 5.14. The maximum Gasteiger partial charge on any atom is 0.356 e. The fourth-order valence-electron chi connectivity index (χ4n) is 2.22. The fourth-order valence-corrected chi connectivity index (χ4v) is 2.22. The molecule has 1 aromatic carbocycles. The zero-order valence-corrected chi connectivity index (χ0v) is 13.7. The Morgan fingerprint density at radius 3 is 2.12 bits per heavy atom. The molecule has 1 atom stereocenters. The minimum Gasteiger partial charge on any atom is -0.497 e. The number of methoxy groups -OCH3 is 1. The number of hydrogen-bond acceptors (Lipinski definition) is 5. The summed E-state index contributed by atoms with van der Waals surface area (Å²) in [4.78, 5) is 30.7. The maximum atomic E-state index is 12.4. The summed E-state index contributed by atoms with van der Waals surface area (Å²) in [6, 6.07) is 7.23. The first kappa shape index (κ1) is 17.4. The molecule has 1 amide bonds. The van der Waals surface area contributed by atoms with Gasteiger partial charge in [-0.2, -0.15) is 0 Å². The van der Waals surface area contributed by atoms with Gasteiger partial charge in [0.15, 0.2) is 5.69 Å². The zero-order valence-electron chi connectivity index (χ0n) is 13.7. The first-order valence-electron chi connectivity index (χ1n) is 7.42. The van der Waals surface area contributed by atoms with E-state index >= 15 is 0 Å². The Kier molecular flexibility index (Phi) is 5.47. The van der Waals surface area contributed by atoms with Crippen LogP contribution in [0.25, 0.3) is 0 Å². The topological polar surface area (TPSA) is 101 Å². The Labute approximate surface area is 139 Å². The van der Waals surface area contributed by atoms with Crippen molar-refractivity contribution in [3.63, 3.8) is 0 Å². The highest BCUT2D eigenvalue weighted by Gasteiger charge is 2.20. The number of amides is 1. The van der Waals surface area contributed by atoms with Crippen LogP contribution in [0.4, 0.5) is 0 Å². The van der Waals surface area contributed by atoms with Gasteiger partial charge in [-0.15, -0.1) is 0 Å². The van der Waals surface area contributed by atoms with Gasteiger partial charge in [0, 0.05) is 0 Å². The lowest BCUT2D eigenvalue weighted by Gasteiger charge is -2.23. The number of carboxylic acid groups (broad SMARTS) is 1. The summed E-state index contributed by atoms with van der Waals surface area (Å²) in [6.07, 6.45) is 2.22. The SMILES string of the molecule is COc1ccc(C(NC(=O)c2cnc(C(=O)O)cn2)C(C)C)cc1. The molecule has 0 bridgehead atoms. The van der Waals surface area contributed by atoms with E-state index in [0.29, 0.717) is 0 Å². The smallest absolute Gasteiger partial charge is 0.356 e. The Hall–Kier alpha value is -2.96. The minimum atomic E-state index is -1.19. The highest BCUT2D eigenvalue weighted by Crippen LogP contribution is 2.24. The summed E-state index contributed by atoms with van der Waals surface area (Å²) in [5, 5.41) is 11.7. The van der Waals surface area contributed by atoms with Crippen molar-refractivity contribution < 1.29 is 19.4 Å². The third-order valence-electron chi connectivity index (χ3n) is 3.53. The lowest BCUT2D eigenvalue weighted by Crippen LogP contribution is -2.32. The molecule has 0 fully saturated rings.